The molecule has 5 nitrogen and oxygen atoms in total. The predicted octanol–water partition coefficient (Wildman–Crippen LogP) is 2.96. The molecule has 1 unspecified atom stereocenters. The fraction of sp³-hybridized carbons (Fsp3) is 0.733. The third kappa shape index (κ3) is 2.67. The van der Waals surface area contributed by atoms with Crippen molar-refractivity contribution in [3.05, 3.63) is 11.5 Å². The Balaban J connectivity index is 2.33. The lowest BCUT2D eigenvalue weighted by molar-refractivity contribution is 0.0595. The van der Waals surface area contributed by atoms with Gasteiger partial charge < -0.3 is 15.0 Å². The summed E-state index contributed by atoms with van der Waals surface area (Å²) in [5.41, 5.74) is 6.42. The maximum atomic E-state index is 11.7. The van der Waals surface area contributed by atoms with Gasteiger partial charge in [-0.15, -0.1) is 0 Å². The highest BCUT2D eigenvalue weighted by atomic mass is 16.5. The van der Waals surface area contributed by atoms with Crippen LogP contribution in [0.15, 0.2) is 0 Å². The van der Waals surface area contributed by atoms with E-state index in [1.807, 2.05) is 11.5 Å². The van der Waals surface area contributed by atoms with Crippen LogP contribution < -0.4 is 5.73 Å². The molecule has 0 radical (unpaired) electrons. The van der Waals surface area contributed by atoms with Crippen LogP contribution in [0.4, 0.5) is 5.82 Å². The van der Waals surface area contributed by atoms with Crippen molar-refractivity contribution in [2.24, 2.45) is 5.92 Å². The van der Waals surface area contributed by atoms with Crippen LogP contribution in [0.5, 0.6) is 0 Å². The maximum Gasteiger partial charge on any atom is 0.360 e. The van der Waals surface area contributed by atoms with E-state index in [0.29, 0.717) is 11.7 Å². The molecule has 1 aromatic rings. The van der Waals surface area contributed by atoms with Crippen LogP contribution in [-0.2, 0) is 11.2 Å². The molecule has 1 fully saturated rings. The number of imidazole rings is 1. The van der Waals surface area contributed by atoms with Gasteiger partial charge in [-0.05, 0) is 25.7 Å². The average Bonchev–Trinajstić information content (AvgIpc) is 2.83. The largest absolute Gasteiger partial charge is 0.464 e. The summed E-state index contributed by atoms with van der Waals surface area (Å²) in [4.78, 5) is 16.1. The second-order valence-corrected chi connectivity index (χ2v) is 5.62. The van der Waals surface area contributed by atoms with Crippen LogP contribution in [0.1, 0.15) is 68.3 Å². The highest BCUT2D eigenvalue weighted by Crippen LogP contribution is 2.35. The monoisotopic (exact) mass is 279 g/mol. The molecule has 2 N–H and O–H groups in total. The first-order chi connectivity index (χ1) is 9.60. The van der Waals surface area contributed by atoms with Gasteiger partial charge >= 0.3 is 5.97 Å². The molecular weight excluding hydrogens is 254 g/mol. The summed E-state index contributed by atoms with van der Waals surface area (Å²) < 4.78 is 6.80. The van der Waals surface area contributed by atoms with E-state index in [0.717, 1.165) is 12.2 Å². The average molecular weight is 279 g/mol. The van der Waals surface area contributed by atoms with Gasteiger partial charge in [-0.2, -0.15) is 0 Å². The Morgan fingerprint density at radius 2 is 2.10 bits per heavy atom. The lowest BCUT2D eigenvalue weighted by atomic mass is 9.84. The van der Waals surface area contributed by atoms with Gasteiger partial charge in [0.25, 0.3) is 0 Å². The number of anilines is 1. The number of ether oxygens (including phenoxy) is 1. The summed E-state index contributed by atoms with van der Waals surface area (Å²) in [7, 11) is 1.36. The number of hydrogen-bond acceptors (Lipinski definition) is 4. The Hall–Kier alpha value is -1.52. The molecule has 0 spiro atoms. The van der Waals surface area contributed by atoms with E-state index in [4.69, 9.17) is 10.5 Å². The molecule has 0 bridgehead atoms. The molecule has 1 aliphatic rings. The summed E-state index contributed by atoms with van der Waals surface area (Å²) in [5, 5.41) is 0. The van der Waals surface area contributed by atoms with Crippen molar-refractivity contribution in [2.75, 3.05) is 12.8 Å². The molecule has 1 atom stereocenters. The molecular formula is C15H25N3O2. The number of methoxy groups -OCH3 is 1. The number of nitrogen functional groups attached to an aromatic ring is 1. The molecule has 1 heterocycles. The van der Waals surface area contributed by atoms with E-state index in [-0.39, 0.29) is 11.7 Å². The van der Waals surface area contributed by atoms with E-state index in [1.54, 1.807) is 0 Å². The maximum absolute atomic E-state index is 11.7. The fourth-order valence-corrected chi connectivity index (χ4v) is 3.27. The Bertz CT molecular complexity index is 476. The SMILES string of the molecule is CCc1nc(C(=O)OC)c(N)n1C(C)C1CCCCC1. The quantitative estimate of drug-likeness (QED) is 0.860. The van der Waals surface area contributed by atoms with E-state index >= 15 is 0 Å². The number of rotatable bonds is 4. The first-order valence-corrected chi connectivity index (χ1v) is 7.55. The van der Waals surface area contributed by atoms with Crippen LogP contribution in [0, 0.1) is 5.92 Å². The Morgan fingerprint density at radius 1 is 1.45 bits per heavy atom. The zero-order chi connectivity index (χ0) is 14.7. The van der Waals surface area contributed by atoms with Gasteiger partial charge in [0.2, 0.25) is 0 Å². The van der Waals surface area contributed by atoms with Gasteiger partial charge in [0.1, 0.15) is 11.6 Å². The minimum absolute atomic E-state index is 0.256. The van der Waals surface area contributed by atoms with Crippen LogP contribution >= 0.6 is 0 Å². The second kappa shape index (κ2) is 6.29. The standard InChI is InChI=1S/C15H25N3O2/c1-4-12-17-13(15(19)20-3)14(16)18(12)10(2)11-8-6-5-7-9-11/h10-11H,4-9,16H2,1-3H3. The van der Waals surface area contributed by atoms with Crippen molar-refractivity contribution in [1.82, 2.24) is 9.55 Å². The summed E-state index contributed by atoms with van der Waals surface area (Å²) in [6, 6.07) is 0.288. The van der Waals surface area contributed by atoms with Gasteiger partial charge in [-0.25, -0.2) is 9.78 Å². The number of carbonyl (C=O) groups is 1. The van der Waals surface area contributed by atoms with Crippen molar-refractivity contribution in [1.29, 1.82) is 0 Å². The van der Waals surface area contributed by atoms with Gasteiger partial charge in [0.15, 0.2) is 5.69 Å². The van der Waals surface area contributed by atoms with Crippen LogP contribution in [-0.4, -0.2) is 22.6 Å². The number of aromatic nitrogens is 2. The van der Waals surface area contributed by atoms with Crippen LogP contribution in [0.25, 0.3) is 0 Å². The molecule has 0 aliphatic heterocycles. The van der Waals surface area contributed by atoms with Crippen LogP contribution in [0.2, 0.25) is 0 Å². The van der Waals surface area contributed by atoms with Gasteiger partial charge in [-0.1, -0.05) is 26.2 Å². The zero-order valence-corrected chi connectivity index (χ0v) is 12.7. The molecule has 0 amide bonds. The molecule has 112 valence electrons. The number of hydrogen-bond donors (Lipinski definition) is 1. The Morgan fingerprint density at radius 3 is 2.65 bits per heavy atom. The molecule has 0 saturated heterocycles. The Kier molecular flexibility index (Phi) is 4.68. The van der Waals surface area contributed by atoms with Crippen molar-refractivity contribution in [2.45, 2.75) is 58.4 Å². The first kappa shape index (κ1) is 14.9. The fourth-order valence-electron chi connectivity index (χ4n) is 3.27. The van der Waals surface area contributed by atoms with Gasteiger partial charge in [0.05, 0.1) is 7.11 Å². The lowest BCUT2D eigenvalue weighted by Gasteiger charge is -2.30. The number of esters is 1. The molecule has 20 heavy (non-hydrogen) atoms. The van der Waals surface area contributed by atoms with E-state index in [9.17, 15) is 4.79 Å². The molecule has 1 aromatic heterocycles. The third-order valence-electron chi connectivity index (χ3n) is 4.46. The third-order valence-corrected chi connectivity index (χ3v) is 4.46. The van der Waals surface area contributed by atoms with Crippen LogP contribution in [0.3, 0.4) is 0 Å². The number of carbonyl (C=O) groups excluding carboxylic acids is 1. The highest BCUT2D eigenvalue weighted by Gasteiger charge is 2.28. The predicted molar refractivity (Wildman–Crippen MR) is 78.6 cm³/mol. The minimum Gasteiger partial charge on any atom is -0.464 e. The van der Waals surface area contributed by atoms with Gasteiger partial charge in [-0.3, -0.25) is 0 Å². The second-order valence-electron chi connectivity index (χ2n) is 5.62. The lowest BCUT2D eigenvalue weighted by Crippen LogP contribution is -2.22. The summed E-state index contributed by atoms with van der Waals surface area (Å²) in [6.45, 7) is 4.22. The topological polar surface area (TPSA) is 70.1 Å². The Labute approximate surface area is 120 Å². The molecule has 1 saturated carbocycles. The molecule has 0 aromatic carbocycles. The van der Waals surface area contributed by atoms with E-state index in [2.05, 4.69) is 11.9 Å². The van der Waals surface area contributed by atoms with E-state index in [1.165, 1.54) is 39.2 Å². The smallest absolute Gasteiger partial charge is 0.360 e. The van der Waals surface area contributed by atoms with Gasteiger partial charge in [0, 0.05) is 12.5 Å². The number of aryl methyl sites for hydroxylation is 1. The molecule has 5 heteroatoms. The molecule has 1 aliphatic carbocycles. The first-order valence-electron chi connectivity index (χ1n) is 7.55. The van der Waals surface area contributed by atoms with Crippen molar-refractivity contribution in [3.8, 4) is 0 Å². The summed E-state index contributed by atoms with van der Waals surface area (Å²) in [5.74, 6) is 1.50. The number of nitrogens with zero attached hydrogens (tertiary/aromatic N) is 2. The summed E-state index contributed by atoms with van der Waals surface area (Å²) >= 11 is 0. The van der Waals surface area contributed by atoms with E-state index < -0.39 is 5.97 Å². The van der Waals surface area contributed by atoms with Crippen molar-refractivity contribution in [3.63, 3.8) is 0 Å². The normalized spacial score (nSPS) is 17.9. The summed E-state index contributed by atoms with van der Waals surface area (Å²) in [6.07, 6.45) is 7.13. The minimum atomic E-state index is -0.452. The molecule has 2 rings (SSSR count). The van der Waals surface area contributed by atoms with Crippen molar-refractivity contribution >= 4 is 11.8 Å². The highest BCUT2D eigenvalue weighted by molar-refractivity contribution is 5.92. The van der Waals surface area contributed by atoms with Crippen molar-refractivity contribution < 1.29 is 9.53 Å². The zero-order valence-electron chi connectivity index (χ0n) is 12.7. The number of nitrogens with two attached hydrogens (primary N) is 1.